The summed E-state index contributed by atoms with van der Waals surface area (Å²) in [5.41, 5.74) is 6.48. The van der Waals surface area contributed by atoms with E-state index in [4.69, 9.17) is 5.73 Å². The van der Waals surface area contributed by atoms with Crippen molar-refractivity contribution in [3.05, 3.63) is 0 Å². The lowest BCUT2D eigenvalue weighted by atomic mass is 9.75. The first-order valence-corrected chi connectivity index (χ1v) is 7.41. The van der Waals surface area contributed by atoms with Gasteiger partial charge in [0.05, 0.1) is 6.04 Å². The van der Waals surface area contributed by atoms with Crippen LogP contribution in [0.5, 0.6) is 0 Å². The maximum Gasteiger partial charge on any atom is 0.239 e. The van der Waals surface area contributed by atoms with E-state index in [-0.39, 0.29) is 11.9 Å². The normalized spacial score (nSPS) is 25.8. The molecule has 2 saturated carbocycles. The van der Waals surface area contributed by atoms with Crippen molar-refractivity contribution in [2.75, 3.05) is 7.05 Å². The third-order valence-corrected chi connectivity index (χ3v) is 4.81. The fraction of sp³-hybridized carbons (Fsp3) is 0.933. The Morgan fingerprint density at radius 3 is 2.33 bits per heavy atom. The highest BCUT2D eigenvalue weighted by molar-refractivity contribution is 5.81. The first-order chi connectivity index (χ1) is 8.39. The Morgan fingerprint density at radius 1 is 1.28 bits per heavy atom. The summed E-state index contributed by atoms with van der Waals surface area (Å²) in [6, 6.07) is 0.146. The molecule has 18 heavy (non-hydrogen) atoms. The molecule has 2 aliphatic carbocycles. The van der Waals surface area contributed by atoms with Crippen LogP contribution in [0.15, 0.2) is 0 Å². The van der Waals surface area contributed by atoms with Gasteiger partial charge in [-0.25, -0.2) is 0 Å². The van der Waals surface area contributed by atoms with Crippen LogP contribution in [-0.2, 0) is 4.79 Å². The SMILES string of the molecule is CN(C(=O)C(N)CC1CC1)C1CCC(C)(C)CC1. The van der Waals surface area contributed by atoms with E-state index >= 15 is 0 Å². The number of carbonyl (C=O) groups excluding carboxylic acids is 1. The second kappa shape index (κ2) is 5.20. The van der Waals surface area contributed by atoms with Crippen molar-refractivity contribution in [2.45, 2.75) is 70.9 Å². The predicted octanol–water partition coefficient (Wildman–Crippen LogP) is 2.54. The van der Waals surface area contributed by atoms with Gasteiger partial charge in [-0.3, -0.25) is 4.79 Å². The van der Waals surface area contributed by atoms with Crippen LogP contribution in [-0.4, -0.2) is 29.9 Å². The van der Waals surface area contributed by atoms with Gasteiger partial charge in [0.25, 0.3) is 0 Å². The molecule has 3 nitrogen and oxygen atoms in total. The van der Waals surface area contributed by atoms with Gasteiger partial charge >= 0.3 is 0 Å². The number of nitrogens with two attached hydrogens (primary N) is 1. The minimum Gasteiger partial charge on any atom is -0.341 e. The molecule has 0 aliphatic heterocycles. The van der Waals surface area contributed by atoms with Crippen molar-refractivity contribution in [1.82, 2.24) is 4.90 Å². The molecule has 0 aromatic heterocycles. The molecule has 1 amide bonds. The van der Waals surface area contributed by atoms with Crippen molar-refractivity contribution in [2.24, 2.45) is 17.1 Å². The van der Waals surface area contributed by atoms with E-state index in [0.29, 0.717) is 11.5 Å². The van der Waals surface area contributed by atoms with Crippen LogP contribution in [0.4, 0.5) is 0 Å². The van der Waals surface area contributed by atoms with E-state index in [9.17, 15) is 4.79 Å². The van der Waals surface area contributed by atoms with Crippen molar-refractivity contribution in [1.29, 1.82) is 0 Å². The third kappa shape index (κ3) is 3.47. The van der Waals surface area contributed by atoms with Gasteiger partial charge in [-0.05, 0) is 43.4 Å². The van der Waals surface area contributed by atoms with E-state index in [2.05, 4.69) is 13.8 Å². The molecule has 1 atom stereocenters. The van der Waals surface area contributed by atoms with Gasteiger partial charge in [0, 0.05) is 13.1 Å². The number of likely N-dealkylation sites (N-methyl/N-ethyl adjacent to an activating group) is 1. The highest BCUT2D eigenvalue weighted by Gasteiger charge is 2.33. The summed E-state index contributed by atoms with van der Waals surface area (Å²) in [6.07, 6.45) is 8.11. The summed E-state index contributed by atoms with van der Waals surface area (Å²) in [5, 5.41) is 0. The number of carbonyl (C=O) groups is 1. The second-order valence-electron chi connectivity index (χ2n) is 7.13. The first kappa shape index (κ1) is 13.9. The monoisotopic (exact) mass is 252 g/mol. The summed E-state index contributed by atoms with van der Waals surface area (Å²) in [7, 11) is 1.94. The van der Waals surface area contributed by atoms with E-state index in [0.717, 1.165) is 25.2 Å². The molecule has 0 aromatic carbocycles. The molecule has 2 rings (SSSR count). The zero-order valence-corrected chi connectivity index (χ0v) is 12.1. The lowest BCUT2D eigenvalue weighted by Gasteiger charge is -2.39. The Morgan fingerprint density at radius 2 is 1.83 bits per heavy atom. The molecule has 0 bridgehead atoms. The molecule has 3 heteroatoms. The zero-order chi connectivity index (χ0) is 13.3. The summed E-state index contributed by atoms with van der Waals surface area (Å²) in [6.45, 7) is 4.65. The third-order valence-electron chi connectivity index (χ3n) is 4.81. The van der Waals surface area contributed by atoms with E-state index in [1.165, 1.54) is 25.7 Å². The minimum absolute atomic E-state index is 0.159. The van der Waals surface area contributed by atoms with Gasteiger partial charge in [-0.15, -0.1) is 0 Å². The minimum atomic E-state index is -0.266. The van der Waals surface area contributed by atoms with Crippen molar-refractivity contribution < 1.29 is 4.79 Å². The van der Waals surface area contributed by atoms with Gasteiger partial charge in [0.15, 0.2) is 0 Å². The number of hydrogen-bond donors (Lipinski definition) is 1. The van der Waals surface area contributed by atoms with Crippen LogP contribution in [0, 0.1) is 11.3 Å². The van der Waals surface area contributed by atoms with Gasteiger partial charge in [0.2, 0.25) is 5.91 Å². The Hall–Kier alpha value is -0.570. The highest BCUT2D eigenvalue weighted by atomic mass is 16.2. The molecule has 1 unspecified atom stereocenters. The van der Waals surface area contributed by atoms with E-state index < -0.39 is 0 Å². The summed E-state index contributed by atoms with van der Waals surface area (Å²) >= 11 is 0. The summed E-state index contributed by atoms with van der Waals surface area (Å²) < 4.78 is 0. The Kier molecular flexibility index (Phi) is 4.00. The first-order valence-electron chi connectivity index (χ1n) is 7.41. The maximum atomic E-state index is 12.3. The standard InChI is InChI=1S/C15H28N2O/c1-15(2)8-6-12(7-9-15)17(3)14(18)13(16)10-11-4-5-11/h11-13H,4-10,16H2,1-3H3. The summed E-state index contributed by atoms with van der Waals surface area (Å²) in [4.78, 5) is 14.2. The highest BCUT2D eigenvalue weighted by Crippen LogP contribution is 2.37. The van der Waals surface area contributed by atoms with Crippen LogP contribution in [0.1, 0.15) is 58.8 Å². The lowest BCUT2D eigenvalue weighted by Crippen LogP contribution is -2.48. The molecular formula is C15H28N2O. The topological polar surface area (TPSA) is 46.3 Å². The number of rotatable bonds is 4. The summed E-state index contributed by atoms with van der Waals surface area (Å²) in [5.74, 6) is 0.884. The molecule has 0 radical (unpaired) electrons. The molecule has 0 spiro atoms. The quantitative estimate of drug-likeness (QED) is 0.835. The maximum absolute atomic E-state index is 12.3. The Labute approximate surface area is 111 Å². The predicted molar refractivity (Wildman–Crippen MR) is 74.1 cm³/mol. The van der Waals surface area contributed by atoms with Crippen LogP contribution in [0.3, 0.4) is 0 Å². The zero-order valence-electron chi connectivity index (χ0n) is 12.1. The fourth-order valence-electron chi connectivity index (χ4n) is 3.03. The molecular weight excluding hydrogens is 224 g/mol. The largest absolute Gasteiger partial charge is 0.341 e. The Balaban J connectivity index is 1.82. The smallest absolute Gasteiger partial charge is 0.239 e. The van der Waals surface area contributed by atoms with Crippen LogP contribution in [0.25, 0.3) is 0 Å². The van der Waals surface area contributed by atoms with Crippen LogP contribution in [0.2, 0.25) is 0 Å². The van der Waals surface area contributed by atoms with Crippen LogP contribution < -0.4 is 5.73 Å². The average Bonchev–Trinajstić information content (AvgIpc) is 3.11. The molecule has 2 aliphatic rings. The molecule has 0 aromatic rings. The van der Waals surface area contributed by atoms with Gasteiger partial charge in [0.1, 0.15) is 0 Å². The van der Waals surface area contributed by atoms with E-state index in [1.807, 2.05) is 11.9 Å². The molecule has 0 heterocycles. The fourth-order valence-corrected chi connectivity index (χ4v) is 3.03. The molecule has 0 saturated heterocycles. The molecule has 2 fully saturated rings. The Bertz CT molecular complexity index is 300. The number of hydrogen-bond acceptors (Lipinski definition) is 2. The van der Waals surface area contributed by atoms with Gasteiger partial charge < -0.3 is 10.6 Å². The van der Waals surface area contributed by atoms with Crippen molar-refractivity contribution in [3.8, 4) is 0 Å². The number of nitrogens with zero attached hydrogens (tertiary/aromatic N) is 1. The van der Waals surface area contributed by atoms with Crippen LogP contribution >= 0.6 is 0 Å². The molecule has 2 N–H and O–H groups in total. The van der Waals surface area contributed by atoms with Crippen molar-refractivity contribution in [3.63, 3.8) is 0 Å². The van der Waals surface area contributed by atoms with Crippen molar-refractivity contribution >= 4 is 5.91 Å². The second-order valence-corrected chi connectivity index (χ2v) is 7.13. The lowest BCUT2D eigenvalue weighted by molar-refractivity contribution is -0.134. The van der Waals surface area contributed by atoms with Gasteiger partial charge in [-0.2, -0.15) is 0 Å². The molecule has 104 valence electrons. The van der Waals surface area contributed by atoms with Gasteiger partial charge in [-0.1, -0.05) is 26.7 Å². The van der Waals surface area contributed by atoms with E-state index in [1.54, 1.807) is 0 Å². The number of amides is 1. The average molecular weight is 252 g/mol.